The molecule has 6 rings (SSSR count). The summed E-state index contributed by atoms with van der Waals surface area (Å²) in [5, 5.41) is 15.0. The number of benzene rings is 1. The molecule has 10 heteroatoms. The lowest BCUT2D eigenvalue weighted by Gasteiger charge is -2.31. The van der Waals surface area contributed by atoms with E-state index in [-0.39, 0.29) is 59.1 Å². The summed E-state index contributed by atoms with van der Waals surface area (Å²) in [6.07, 6.45) is 1.38. The van der Waals surface area contributed by atoms with Crippen LogP contribution in [0.1, 0.15) is 73.9 Å². The lowest BCUT2D eigenvalue weighted by atomic mass is 9.83. The van der Waals surface area contributed by atoms with Gasteiger partial charge in [0, 0.05) is 29.0 Å². The van der Waals surface area contributed by atoms with Crippen molar-refractivity contribution >= 4 is 34.4 Å². The molecule has 1 amide bonds. The number of halogens is 2. The van der Waals surface area contributed by atoms with Gasteiger partial charge in [-0.15, -0.1) is 0 Å². The number of rotatable bonds is 4. The standard InChI is InChI=1S/C28H27ClFN3O5/c1-4-28(37)16-8-20-25-14(10-33(20)26(35)15(16)11-38-27(28)36)23-18(31-21(34)7-12(2)3)6-5-13-22(23)19(32-25)9-17(30)24(13)29/h8-9,12,18,37H,4-7,10-11H2,1-3H3,(H,31,34)/t18?,28-/m0/s1. The third-order valence-electron chi connectivity index (χ3n) is 7.97. The van der Waals surface area contributed by atoms with Gasteiger partial charge in [0.05, 0.1) is 40.1 Å². The van der Waals surface area contributed by atoms with Crippen molar-refractivity contribution in [1.82, 2.24) is 14.9 Å². The first kappa shape index (κ1) is 25.0. The second-order valence-corrected chi connectivity index (χ2v) is 11.1. The van der Waals surface area contributed by atoms with Crippen molar-refractivity contribution in [3.8, 4) is 11.4 Å². The molecule has 0 saturated heterocycles. The third-order valence-corrected chi connectivity index (χ3v) is 8.38. The molecular weight excluding hydrogens is 513 g/mol. The molecule has 3 aliphatic rings. The Balaban J connectivity index is 1.61. The van der Waals surface area contributed by atoms with Crippen LogP contribution >= 0.6 is 11.6 Å². The van der Waals surface area contributed by atoms with Crippen LogP contribution in [0, 0.1) is 11.7 Å². The first-order valence-corrected chi connectivity index (χ1v) is 13.2. The summed E-state index contributed by atoms with van der Waals surface area (Å²) in [6.45, 7) is 5.53. The number of esters is 1. The summed E-state index contributed by atoms with van der Waals surface area (Å²) < 4.78 is 21.5. The van der Waals surface area contributed by atoms with E-state index in [9.17, 15) is 23.9 Å². The summed E-state index contributed by atoms with van der Waals surface area (Å²) in [4.78, 5) is 43.7. The van der Waals surface area contributed by atoms with Crippen LogP contribution in [-0.4, -0.2) is 26.5 Å². The van der Waals surface area contributed by atoms with Gasteiger partial charge >= 0.3 is 5.97 Å². The van der Waals surface area contributed by atoms with Crippen LogP contribution in [0.5, 0.6) is 0 Å². The molecule has 8 nitrogen and oxygen atoms in total. The van der Waals surface area contributed by atoms with Crippen LogP contribution in [0.2, 0.25) is 5.02 Å². The number of carbonyl (C=O) groups is 2. The van der Waals surface area contributed by atoms with Crippen LogP contribution in [-0.2, 0) is 39.5 Å². The van der Waals surface area contributed by atoms with Crippen molar-refractivity contribution in [3.05, 3.63) is 61.1 Å². The molecule has 198 valence electrons. The minimum absolute atomic E-state index is 0.0298. The maximum Gasteiger partial charge on any atom is 0.343 e. The highest BCUT2D eigenvalue weighted by Gasteiger charge is 2.46. The molecule has 2 N–H and O–H groups in total. The van der Waals surface area contributed by atoms with Gasteiger partial charge in [-0.2, -0.15) is 0 Å². The zero-order valence-electron chi connectivity index (χ0n) is 21.3. The number of fused-ring (bicyclic) bond motifs is 5. The van der Waals surface area contributed by atoms with Crippen LogP contribution in [0.3, 0.4) is 0 Å². The van der Waals surface area contributed by atoms with E-state index in [2.05, 4.69) is 5.32 Å². The van der Waals surface area contributed by atoms with Gasteiger partial charge in [-0.05, 0) is 42.4 Å². The van der Waals surface area contributed by atoms with E-state index in [4.69, 9.17) is 21.3 Å². The Morgan fingerprint density at radius 3 is 2.79 bits per heavy atom. The first-order valence-electron chi connectivity index (χ1n) is 12.8. The molecule has 0 fully saturated rings. The normalized spacial score (nSPS) is 21.2. The Morgan fingerprint density at radius 1 is 1.32 bits per heavy atom. The molecule has 0 radical (unpaired) electrons. The number of hydrogen-bond donors (Lipinski definition) is 2. The lowest BCUT2D eigenvalue weighted by Crippen LogP contribution is -2.44. The lowest BCUT2D eigenvalue weighted by molar-refractivity contribution is -0.172. The highest BCUT2D eigenvalue weighted by atomic mass is 35.5. The van der Waals surface area contributed by atoms with E-state index < -0.39 is 17.4 Å². The van der Waals surface area contributed by atoms with Crippen LogP contribution in [0.15, 0.2) is 16.9 Å². The third kappa shape index (κ3) is 3.44. The Kier molecular flexibility index (Phi) is 5.66. The van der Waals surface area contributed by atoms with Crippen molar-refractivity contribution in [1.29, 1.82) is 0 Å². The maximum absolute atomic E-state index is 14.8. The fraction of sp³-hybridized carbons (Fsp3) is 0.429. The minimum Gasteiger partial charge on any atom is -0.458 e. The minimum atomic E-state index is -1.95. The van der Waals surface area contributed by atoms with E-state index in [0.29, 0.717) is 47.1 Å². The average Bonchev–Trinajstić information content (AvgIpc) is 3.24. The summed E-state index contributed by atoms with van der Waals surface area (Å²) in [5.41, 5.74) is 1.53. The van der Waals surface area contributed by atoms with Gasteiger partial charge in [-0.25, -0.2) is 14.2 Å². The molecule has 2 aliphatic heterocycles. The number of carbonyl (C=O) groups excluding carboxylic acids is 2. The molecule has 2 atom stereocenters. The monoisotopic (exact) mass is 539 g/mol. The average molecular weight is 540 g/mol. The van der Waals surface area contributed by atoms with Gasteiger partial charge in [0.2, 0.25) is 5.91 Å². The molecule has 2 aromatic heterocycles. The zero-order chi connectivity index (χ0) is 27.1. The number of amides is 1. The van der Waals surface area contributed by atoms with Crippen molar-refractivity contribution in [2.45, 2.75) is 71.2 Å². The second-order valence-electron chi connectivity index (χ2n) is 10.8. The molecule has 1 aliphatic carbocycles. The molecule has 1 aromatic carbocycles. The van der Waals surface area contributed by atoms with Crippen molar-refractivity contribution < 1.29 is 23.8 Å². The van der Waals surface area contributed by atoms with Crippen molar-refractivity contribution in [3.63, 3.8) is 0 Å². The smallest absolute Gasteiger partial charge is 0.343 e. The number of hydrogen-bond acceptors (Lipinski definition) is 6. The summed E-state index contributed by atoms with van der Waals surface area (Å²) in [7, 11) is 0. The SMILES string of the molecule is CC[C@@]1(O)C(=O)OCc2c1cc1n(c2=O)Cc2c-1nc1cc(F)c(Cl)c3c1c2C(NC(=O)CC(C)C)CC3. The summed E-state index contributed by atoms with van der Waals surface area (Å²) in [6, 6.07) is 2.54. The van der Waals surface area contributed by atoms with Gasteiger partial charge < -0.3 is 19.7 Å². The number of aromatic nitrogens is 2. The number of aryl methyl sites for hydroxylation is 1. The van der Waals surface area contributed by atoms with Gasteiger partial charge in [-0.1, -0.05) is 32.4 Å². The number of nitrogens with one attached hydrogen (secondary N) is 1. The summed E-state index contributed by atoms with van der Waals surface area (Å²) in [5.74, 6) is -1.30. The van der Waals surface area contributed by atoms with Gasteiger partial charge in [0.1, 0.15) is 12.4 Å². The molecule has 4 heterocycles. The largest absolute Gasteiger partial charge is 0.458 e. The fourth-order valence-corrected chi connectivity index (χ4v) is 6.37. The van der Waals surface area contributed by atoms with Gasteiger partial charge in [0.25, 0.3) is 5.56 Å². The molecule has 3 aromatic rings. The van der Waals surface area contributed by atoms with E-state index in [1.54, 1.807) is 17.6 Å². The molecule has 0 bridgehead atoms. The number of aliphatic hydroxyl groups is 1. The molecule has 0 spiro atoms. The van der Waals surface area contributed by atoms with Crippen molar-refractivity contribution in [2.75, 3.05) is 0 Å². The highest BCUT2D eigenvalue weighted by Crippen LogP contribution is 2.46. The number of ether oxygens (including phenoxy) is 1. The number of cyclic esters (lactones) is 1. The molecule has 0 saturated carbocycles. The van der Waals surface area contributed by atoms with Crippen LogP contribution in [0.25, 0.3) is 22.3 Å². The number of nitrogens with zero attached hydrogens (tertiary/aromatic N) is 2. The Morgan fingerprint density at radius 2 is 2.08 bits per heavy atom. The Labute approximate surface area is 222 Å². The molecule has 38 heavy (non-hydrogen) atoms. The van der Waals surface area contributed by atoms with E-state index in [0.717, 1.165) is 11.1 Å². The highest BCUT2D eigenvalue weighted by molar-refractivity contribution is 6.32. The van der Waals surface area contributed by atoms with E-state index in [1.165, 1.54) is 6.07 Å². The van der Waals surface area contributed by atoms with Crippen LogP contribution in [0.4, 0.5) is 4.39 Å². The molecule has 1 unspecified atom stereocenters. The van der Waals surface area contributed by atoms with Gasteiger partial charge in [0.15, 0.2) is 5.60 Å². The summed E-state index contributed by atoms with van der Waals surface area (Å²) >= 11 is 6.39. The first-order chi connectivity index (χ1) is 18.0. The van der Waals surface area contributed by atoms with E-state index >= 15 is 0 Å². The maximum atomic E-state index is 14.8. The Bertz CT molecular complexity index is 1630. The van der Waals surface area contributed by atoms with E-state index in [1.807, 2.05) is 13.8 Å². The topological polar surface area (TPSA) is 111 Å². The quantitative estimate of drug-likeness (QED) is 0.379. The number of pyridine rings is 2. The van der Waals surface area contributed by atoms with Crippen LogP contribution < -0.4 is 10.9 Å². The second kappa shape index (κ2) is 8.61. The fourth-order valence-electron chi connectivity index (χ4n) is 6.12. The van der Waals surface area contributed by atoms with Crippen molar-refractivity contribution in [2.24, 2.45) is 5.92 Å². The zero-order valence-corrected chi connectivity index (χ0v) is 22.0. The van der Waals surface area contributed by atoms with Gasteiger partial charge in [-0.3, -0.25) is 9.59 Å². The molecular formula is C28H27ClFN3O5. The Hall–Kier alpha value is -3.30. The predicted molar refractivity (Wildman–Crippen MR) is 138 cm³/mol. The predicted octanol–water partition coefficient (Wildman–Crippen LogP) is 4.02.